The molecule has 3 N–H and O–H groups in total. The molecular weight excluding hydrogens is 216 g/mol. The van der Waals surface area contributed by atoms with Gasteiger partial charge in [-0.3, -0.25) is 0 Å². The van der Waals surface area contributed by atoms with E-state index in [0.29, 0.717) is 0 Å². The van der Waals surface area contributed by atoms with Crippen molar-refractivity contribution in [3.05, 3.63) is 23.8 Å². The van der Waals surface area contributed by atoms with Gasteiger partial charge in [0.15, 0.2) is 0 Å². The van der Waals surface area contributed by atoms with Crippen LogP contribution in [0.4, 0.5) is 5.69 Å². The average molecular weight is 234 g/mol. The Balaban J connectivity index is 2.01. The highest BCUT2D eigenvalue weighted by molar-refractivity contribution is 5.69. The minimum Gasteiger partial charge on any atom is -0.495 e. The molecule has 0 saturated carbocycles. The lowest BCUT2D eigenvalue weighted by Crippen LogP contribution is -2.48. The molecule has 1 aromatic rings. The molecular formula is C13H18N2O2. The van der Waals surface area contributed by atoms with Crippen LogP contribution in [0.2, 0.25) is 0 Å². The number of hydrogen-bond donors (Lipinski definition) is 3. The Morgan fingerprint density at radius 1 is 1.35 bits per heavy atom. The highest BCUT2D eigenvalue weighted by Gasteiger charge is 2.46. The van der Waals surface area contributed by atoms with Crippen molar-refractivity contribution in [2.24, 2.45) is 0 Å². The lowest BCUT2D eigenvalue weighted by atomic mass is 9.83. The molecule has 0 aliphatic carbocycles. The first-order valence-electron chi connectivity index (χ1n) is 6.11. The summed E-state index contributed by atoms with van der Waals surface area (Å²) >= 11 is 0. The van der Waals surface area contributed by atoms with Gasteiger partial charge in [0.2, 0.25) is 0 Å². The van der Waals surface area contributed by atoms with Gasteiger partial charge in [-0.25, -0.2) is 0 Å². The first kappa shape index (κ1) is 10.9. The summed E-state index contributed by atoms with van der Waals surface area (Å²) in [6.07, 6.45) is 1.44. The van der Waals surface area contributed by atoms with Gasteiger partial charge in [0.25, 0.3) is 0 Å². The number of hydrogen-bond acceptors (Lipinski definition) is 4. The Bertz CT molecular complexity index is 427. The molecule has 0 aromatic heterocycles. The zero-order valence-electron chi connectivity index (χ0n) is 9.99. The Labute approximate surface area is 101 Å². The van der Waals surface area contributed by atoms with Crippen LogP contribution in [-0.2, 0) is 0 Å². The Hall–Kier alpha value is -1.26. The third-order valence-corrected chi connectivity index (χ3v) is 3.97. The minimum atomic E-state index is -0.435. The van der Waals surface area contributed by atoms with Crippen molar-refractivity contribution < 1.29 is 9.84 Å². The maximum atomic E-state index is 10.5. The van der Waals surface area contributed by atoms with Gasteiger partial charge in [0.1, 0.15) is 11.9 Å². The third-order valence-electron chi connectivity index (χ3n) is 3.97. The van der Waals surface area contributed by atoms with E-state index in [4.69, 9.17) is 4.74 Å². The molecule has 1 unspecified atom stereocenters. The standard InChI is InChI=1S/C13H18N2O2/c1-17-10-4-2-3-9-11(10)15-13(12(9)16)5-7-14-8-6-13/h2-4,12,14-16H,5-8H2,1H3. The van der Waals surface area contributed by atoms with Crippen LogP contribution < -0.4 is 15.4 Å². The molecule has 4 nitrogen and oxygen atoms in total. The van der Waals surface area contributed by atoms with Crippen LogP contribution in [0, 0.1) is 0 Å². The van der Waals surface area contributed by atoms with Crippen LogP contribution in [0.3, 0.4) is 0 Å². The summed E-state index contributed by atoms with van der Waals surface area (Å²) in [5.74, 6) is 0.817. The van der Waals surface area contributed by atoms with Gasteiger partial charge in [-0.2, -0.15) is 0 Å². The van der Waals surface area contributed by atoms with Gasteiger partial charge in [-0.15, -0.1) is 0 Å². The van der Waals surface area contributed by atoms with Crippen LogP contribution in [0.5, 0.6) is 5.75 Å². The number of aliphatic hydroxyl groups is 1. The second-order valence-corrected chi connectivity index (χ2v) is 4.86. The predicted octanol–water partition coefficient (Wildman–Crippen LogP) is 1.28. The highest BCUT2D eigenvalue weighted by atomic mass is 16.5. The van der Waals surface area contributed by atoms with Crippen LogP contribution in [0.15, 0.2) is 18.2 Å². The first-order chi connectivity index (χ1) is 8.27. The smallest absolute Gasteiger partial charge is 0.142 e. The fourth-order valence-electron chi connectivity index (χ4n) is 2.97. The molecule has 1 saturated heterocycles. The van der Waals surface area contributed by atoms with Crippen LogP contribution in [-0.4, -0.2) is 30.8 Å². The Kier molecular flexibility index (Phi) is 2.49. The molecule has 1 spiro atoms. The monoisotopic (exact) mass is 234 g/mol. The average Bonchev–Trinajstić information content (AvgIpc) is 2.64. The van der Waals surface area contributed by atoms with Gasteiger partial charge in [0.05, 0.1) is 18.3 Å². The second kappa shape index (κ2) is 3.89. The summed E-state index contributed by atoms with van der Waals surface area (Å²) in [4.78, 5) is 0. The van der Waals surface area contributed by atoms with E-state index in [0.717, 1.165) is 42.9 Å². The van der Waals surface area contributed by atoms with E-state index in [-0.39, 0.29) is 5.54 Å². The third kappa shape index (κ3) is 1.51. The molecule has 0 amide bonds. The van der Waals surface area contributed by atoms with Gasteiger partial charge in [-0.1, -0.05) is 12.1 Å². The highest BCUT2D eigenvalue weighted by Crippen LogP contribution is 2.48. The number of nitrogens with one attached hydrogen (secondary N) is 2. The molecule has 1 atom stereocenters. The molecule has 4 heteroatoms. The van der Waals surface area contributed by atoms with Crippen LogP contribution in [0.1, 0.15) is 24.5 Å². The maximum absolute atomic E-state index is 10.5. The van der Waals surface area contributed by atoms with Gasteiger partial charge < -0.3 is 20.5 Å². The Morgan fingerprint density at radius 2 is 2.12 bits per heavy atom. The van der Waals surface area contributed by atoms with E-state index in [1.165, 1.54) is 0 Å². The maximum Gasteiger partial charge on any atom is 0.142 e. The number of aliphatic hydroxyl groups excluding tert-OH is 1. The van der Waals surface area contributed by atoms with Crippen molar-refractivity contribution in [1.29, 1.82) is 0 Å². The van der Waals surface area contributed by atoms with E-state index in [9.17, 15) is 5.11 Å². The number of rotatable bonds is 1. The van der Waals surface area contributed by atoms with E-state index in [1.807, 2.05) is 18.2 Å². The molecule has 0 bridgehead atoms. The fraction of sp³-hybridized carbons (Fsp3) is 0.538. The van der Waals surface area contributed by atoms with Crippen molar-refractivity contribution in [3.8, 4) is 5.75 Å². The van der Waals surface area contributed by atoms with E-state index in [2.05, 4.69) is 10.6 Å². The molecule has 2 aliphatic rings. The number of ether oxygens (including phenoxy) is 1. The molecule has 17 heavy (non-hydrogen) atoms. The molecule has 0 radical (unpaired) electrons. The second-order valence-electron chi connectivity index (χ2n) is 4.86. The van der Waals surface area contributed by atoms with Crippen molar-refractivity contribution >= 4 is 5.69 Å². The summed E-state index contributed by atoms with van der Waals surface area (Å²) in [7, 11) is 1.66. The summed E-state index contributed by atoms with van der Waals surface area (Å²) in [6.45, 7) is 1.89. The summed E-state index contributed by atoms with van der Waals surface area (Å²) in [5, 5.41) is 17.4. The number of para-hydroxylation sites is 1. The predicted molar refractivity (Wildman–Crippen MR) is 66.4 cm³/mol. The quantitative estimate of drug-likeness (QED) is 0.685. The molecule has 92 valence electrons. The van der Waals surface area contributed by atoms with Crippen LogP contribution >= 0.6 is 0 Å². The summed E-state index contributed by atoms with van der Waals surface area (Å²) in [5.41, 5.74) is 1.72. The minimum absolute atomic E-state index is 0.206. The zero-order valence-corrected chi connectivity index (χ0v) is 9.99. The van der Waals surface area contributed by atoms with Crippen molar-refractivity contribution in [1.82, 2.24) is 5.32 Å². The van der Waals surface area contributed by atoms with Gasteiger partial charge in [-0.05, 0) is 32.0 Å². The number of benzene rings is 1. The topological polar surface area (TPSA) is 53.5 Å². The number of fused-ring (bicyclic) bond motifs is 1. The fourth-order valence-corrected chi connectivity index (χ4v) is 2.97. The lowest BCUT2D eigenvalue weighted by molar-refractivity contribution is 0.0873. The van der Waals surface area contributed by atoms with Crippen molar-refractivity contribution in [2.45, 2.75) is 24.5 Å². The number of anilines is 1. The van der Waals surface area contributed by atoms with E-state index < -0.39 is 6.10 Å². The van der Waals surface area contributed by atoms with Gasteiger partial charge in [0, 0.05) is 5.56 Å². The molecule has 1 aromatic carbocycles. The summed E-state index contributed by atoms with van der Waals surface area (Å²) < 4.78 is 5.35. The van der Waals surface area contributed by atoms with Crippen molar-refractivity contribution in [3.63, 3.8) is 0 Å². The van der Waals surface area contributed by atoms with E-state index in [1.54, 1.807) is 7.11 Å². The normalized spacial score (nSPS) is 25.4. The first-order valence-corrected chi connectivity index (χ1v) is 6.11. The molecule has 2 aliphatic heterocycles. The van der Waals surface area contributed by atoms with Crippen LogP contribution in [0.25, 0.3) is 0 Å². The lowest BCUT2D eigenvalue weighted by Gasteiger charge is -2.37. The number of methoxy groups -OCH3 is 1. The Morgan fingerprint density at radius 3 is 2.82 bits per heavy atom. The SMILES string of the molecule is COc1cccc2c1NC1(CCNCC1)C2O. The van der Waals surface area contributed by atoms with Crippen molar-refractivity contribution in [2.75, 3.05) is 25.5 Å². The molecule has 2 heterocycles. The van der Waals surface area contributed by atoms with Gasteiger partial charge >= 0.3 is 0 Å². The van der Waals surface area contributed by atoms with E-state index >= 15 is 0 Å². The molecule has 1 fully saturated rings. The zero-order chi connectivity index (χ0) is 11.9. The number of piperidine rings is 1. The molecule has 3 rings (SSSR count). The summed E-state index contributed by atoms with van der Waals surface area (Å²) in [6, 6.07) is 5.84. The largest absolute Gasteiger partial charge is 0.495 e.